The van der Waals surface area contributed by atoms with Gasteiger partial charge >= 0.3 is 6.09 Å². The number of carbonyl (C=O) groups excluding carboxylic acids is 1. The van der Waals surface area contributed by atoms with E-state index in [2.05, 4.69) is 6.42 Å². The molecule has 1 fully saturated rings. The molecule has 0 atom stereocenters. The van der Waals surface area contributed by atoms with Crippen molar-refractivity contribution in [2.45, 2.75) is 39.2 Å². The monoisotopic (exact) mass is 375 g/mol. The van der Waals surface area contributed by atoms with E-state index in [-0.39, 0.29) is 55.1 Å². The molecule has 0 aromatic heterocycles. The van der Waals surface area contributed by atoms with Crippen molar-refractivity contribution in [1.82, 2.24) is 4.90 Å². The summed E-state index contributed by atoms with van der Waals surface area (Å²) in [5.74, 6) is 0. The van der Waals surface area contributed by atoms with Gasteiger partial charge in [0.15, 0.2) is 0 Å². The summed E-state index contributed by atoms with van der Waals surface area (Å²) < 4.78 is 5.24. The third-order valence-electron chi connectivity index (χ3n) is 1.84. The van der Waals surface area contributed by atoms with E-state index in [0.29, 0.717) is 0 Å². The zero-order valence-corrected chi connectivity index (χ0v) is 14.9. The molecule has 15 heavy (non-hydrogen) atoms. The van der Waals surface area contributed by atoms with Gasteiger partial charge in [0.05, 0.1) is 0 Å². The SMILES string of the molecule is CC(C)(C)OC(=O)N1C[CH]CCC1.[I-].[Zn]. The summed E-state index contributed by atoms with van der Waals surface area (Å²) in [6.45, 7) is 7.22. The molecule has 1 amide bonds. The molecule has 0 N–H and O–H groups in total. The normalized spacial score (nSPS) is 16.1. The zero-order valence-electron chi connectivity index (χ0n) is 9.75. The number of ether oxygens (including phenoxy) is 1. The van der Waals surface area contributed by atoms with Gasteiger partial charge in [0, 0.05) is 32.6 Å². The van der Waals surface area contributed by atoms with Crippen LogP contribution in [0.25, 0.3) is 0 Å². The predicted molar refractivity (Wildman–Crippen MR) is 51.3 cm³/mol. The molecule has 0 spiro atoms. The number of halogens is 1. The first-order chi connectivity index (χ1) is 5.99. The van der Waals surface area contributed by atoms with Crippen LogP contribution in [0.2, 0.25) is 0 Å². The number of piperidine rings is 1. The zero-order chi connectivity index (χ0) is 9.90. The summed E-state index contributed by atoms with van der Waals surface area (Å²) in [5.41, 5.74) is -0.380. The first kappa shape index (κ1) is 18.0. The van der Waals surface area contributed by atoms with Crippen LogP contribution in [0, 0.1) is 6.42 Å². The van der Waals surface area contributed by atoms with Crippen LogP contribution < -0.4 is 24.0 Å². The van der Waals surface area contributed by atoms with Gasteiger partial charge in [-0.3, -0.25) is 0 Å². The molecule has 0 aliphatic carbocycles. The standard InChI is InChI=1S/C10H18NO2.HI.Zn/c1-10(2,3)13-9(12)11-7-5-4-6-8-11;;/h5H,4,6-8H2,1-3H3;1H;/p-1. The molecule has 0 unspecified atom stereocenters. The molecule has 0 saturated carbocycles. The average molecular weight is 377 g/mol. The van der Waals surface area contributed by atoms with Crippen molar-refractivity contribution in [1.29, 1.82) is 0 Å². The van der Waals surface area contributed by atoms with Crippen LogP contribution in [0.5, 0.6) is 0 Å². The Morgan fingerprint density at radius 3 is 2.40 bits per heavy atom. The van der Waals surface area contributed by atoms with E-state index in [4.69, 9.17) is 4.74 Å². The number of carbonyl (C=O) groups is 1. The number of likely N-dealkylation sites (tertiary alicyclic amines) is 1. The summed E-state index contributed by atoms with van der Waals surface area (Å²) in [7, 11) is 0. The topological polar surface area (TPSA) is 29.5 Å². The van der Waals surface area contributed by atoms with E-state index in [1.807, 2.05) is 20.8 Å². The minimum Gasteiger partial charge on any atom is -1.00 e. The van der Waals surface area contributed by atoms with Gasteiger partial charge in [0.25, 0.3) is 0 Å². The molecule has 0 aromatic rings. The van der Waals surface area contributed by atoms with E-state index in [1.165, 1.54) is 0 Å². The van der Waals surface area contributed by atoms with Gasteiger partial charge in [0.1, 0.15) is 5.60 Å². The van der Waals surface area contributed by atoms with Gasteiger partial charge in [-0.2, -0.15) is 0 Å². The van der Waals surface area contributed by atoms with Crippen LogP contribution >= 0.6 is 0 Å². The van der Waals surface area contributed by atoms with E-state index in [1.54, 1.807) is 4.90 Å². The Kier molecular flexibility index (Phi) is 9.39. The second kappa shape index (κ2) is 7.83. The van der Waals surface area contributed by atoms with Gasteiger partial charge < -0.3 is 33.6 Å². The molecule has 1 rings (SSSR count). The third kappa shape index (κ3) is 7.50. The van der Waals surface area contributed by atoms with Crippen LogP contribution in [0.4, 0.5) is 4.79 Å². The van der Waals surface area contributed by atoms with Crippen molar-refractivity contribution in [3.8, 4) is 0 Å². The third-order valence-corrected chi connectivity index (χ3v) is 1.84. The van der Waals surface area contributed by atoms with Crippen molar-refractivity contribution in [3.05, 3.63) is 6.42 Å². The maximum Gasteiger partial charge on any atom is 0.410 e. The largest absolute Gasteiger partial charge is 1.00 e. The molecular weight excluding hydrogens is 358 g/mol. The van der Waals surface area contributed by atoms with Gasteiger partial charge in [-0.1, -0.05) is 0 Å². The predicted octanol–water partition coefficient (Wildman–Crippen LogP) is -0.777. The van der Waals surface area contributed by atoms with Crippen LogP contribution in [-0.2, 0) is 24.2 Å². The molecule has 1 aliphatic rings. The van der Waals surface area contributed by atoms with E-state index >= 15 is 0 Å². The average Bonchev–Trinajstić information content (AvgIpc) is 2.03. The van der Waals surface area contributed by atoms with Crippen molar-refractivity contribution >= 4 is 6.09 Å². The van der Waals surface area contributed by atoms with Gasteiger partial charge in [0.2, 0.25) is 0 Å². The second-order valence-electron chi connectivity index (χ2n) is 4.36. The minimum atomic E-state index is -0.380. The molecule has 3 nitrogen and oxygen atoms in total. The molecule has 1 heterocycles. The van der Waals surface area contributed by atoms with Crippen LogP contribution in [0.3, 0.4) is 0 Å². The first-order valence-corrected chi connectivity index (χ1v) is 4.78. The molecule has 1 radical (unpaired) electrons. The molecule has 85 valence electrons. The maximum atomic E-state index is 11.5. The minimum absolute atomic E-state index is 0. The Morgan fingerprint density at radius 2 is 2.00 bits per heavy atom. The molecule has 1 saturated heterocycles. The quantitative estimate of drug-likeness (QED) is 0.410. The van der Waals surface area contributed by atoms with E-state index in [9.17, 15) is 4.79 Å². The first-order valence-electron chi connectivity index (χ1n) is 4.78. The molecule has 5 heteroatoms. The maximum absolute atomic E-state index is 11.5. The van der Waals surface area contributed by atoms with E-state index < -0.39 is 0 Å². The van der Waals surface area contributed by atoms with Crippen LogP contribution in [-0.4, -0.2) is 29.7 Å². The van der Waals surface area contributed by atoms with Crippen molar-refractivity contribution in [2.75, 3.05) is 13.1 Å². The summed E-state index contributed by atoms with van der Waals surface area (Å²) >= 11 is 0. The summed E-state index contributed by atoms with van der Waals surface area (Å²) in [4.78, 5) is 13.2. The molecular formula is C10H18INO2Zn-. The molecule has 1 aliphatic heterocycles. The number of nitrogens with zero attached hydrogens (tertiary/aromatic N) is 1. The van der Waals surface area contributed by atoms with Gasteiger partial charge in [-0.25, -0.2) is 4.79 Å². The summed E-state index contributed by atoms with van der Waals surface area (Å²) in [6.07, 6.45) is 4.09. The Labute approximate surface area is 122 Å². The number of rotatable bonds is 0. The molecule has 0 aromatic carbocycles. The Hall–Kier alpha value is 0.623. The van der Waals surface area contributed by atoms with Crippen molar-refractivity contribution < 1.29 is 53.0 Å². The van der Waals surface area contributed by atoms with Crippen LogP contribution in [0.15, 0.2) is 0 Å². The summed E-state index contributed by atoms with van der Waals surface area (Å²) in [5, 5.41) is 0. The summed E-state index contributed by atoms with van der Waals surface area (Å²) in [6, 6.07) is 0. The number of hydrogen-bond acceptors (Lipinski definition) is 2. The fourth-order valence-corrected chi connectivity index (χ4v) is 1.26. The van der Waals surface area contributed by atoms with Gasteiger partial charge in [-0.05, 0) is 40.0 Å². The van der Waals surface area contributed by atoms with Crippen molar-refractivity contribution in [3.63, 3.8) is 0 Å². The van der Waals surface area contributed by atoms with E-state index in [0.717, 1.165) is 25.9 Å². The van der Waals surface area contributed by atoms with Crippen LogP contribution in [0.1, 0.15) is 33.6 Å². The number of hydrogen-bond donors (Lipinski definition) is 0. The smallest absolute Gasteiger partial charge is 0.410 e. The number of amides is 1. The molecule has 0 bridgehead atoms. The Bertz CT molecular complexity index is 188. The van der Waals surface area contributed by atoms with Gasteiger partial charge in [-0.15, -0.1) is 0 Å². The Morgan fingerprint density at radius 1 is 1.40 bits per heavy atom. The second-order valence-corrected chi connectivity index (χ2v) is 4.36. The van der Waals surface area contributed by atoms with Crippen molar-refractivity contribution in [2.24, 2.45) is 0 Å². The fourth-order valence-electron chi connectivity index (χ4n) is 1.26. The fraction of sp³-hybridized carbons (Fsp3) is 0.800. The Balaban J connectivity index is 0.